The largest absolute Gasteiger partial charge is 0.131 e. The molecule has 0 fully saturated rings. The third-order valence-corrected chi connectivity index (χ3v) is 8.25. The van der Waals surface area contributed by atoms with Gasteiger partial charge >= 0.3 is 0 Å². The van der Waals surface area contributed by atoms with Gasteiger partial charge in [0.15, 0.2) is 0 Å². The first-order chi connectivity index (χ1) is 14.1. The number of unbranched alkanes of at least 4 members (excludes halogenated alkanes) is 15. The van der Waals surface area contributed by atoms with Crippen molar-refractivity contribution in [2.45, 2.75) is 174 Å². The van der Waals surface area contributed by atoms with Gasteiger partial charge in [-0.15, -0.1) is 9.24 Å². The zero-order chi connectivity index (χ0) is 21.6. The van der Waals surface area contributed by atoms with Gasteiger partial charge in [0.25, 0.3) is 0 Å². The fraction of sp³-hybridized carbons (Fsp3) is 1.00. The van der Waals surface area contributed by atoms with Gasteiger partial charge in [-0.3, -0.25) is 0 Å². The van der Waals surface area contributed by atoms with Crippen LogP contribution < -0.4 is 0 Å². The third kappa shape index (κ3) is 16.8. The quantitative estimate of drug-likeness (QED) is 0.112. The van der Waals surface area contributed by atoms with Gasteiger partial charge < -0.3 is 0 Å². The Hall–Kier alpha value is 0.430. The lowest BCUT2D eigenvalue weighted by molar-refractivity contribution is 0.283. The van der Waals surface area contributed by atoms with E-state index in [9.17, 15) is 0 Å². The van der Waals surface area contributed by atoms with Crippen LogP contribution >= 0.6 is 9.24 Å². The van der Waals surface area contributed by atoms with E-state index in [4.69, 9.17) is 0 Å². The lowest BCUT2D eigenvalue weighted by atomic mass is 9.78. The molecular formula is C28H59P. The fourth-order valence-electron chi connectivity index (χ4n) is 5.07. The van der Waals surface area contributed by atoms with Crippen molar-refractivity contribution in [3.05, 3.63) is 0 Å². The zero-order valence-corrected chi connectivity index (χ0v) is 22.4. The normalized spacial score (nSPS) is 13.1. The fourth-order valence-corrected chi connectivity index (χ4v) is 5.88. The highest BCUT2D eigenvalue weighted by Crippen LogP contribution is 2.43. The second kappa shape index (κ2) is 21.7. The molecule has 0 aliphatic rings. The summed E-state index contributed by atoms with van der Waals surface area (Å²) in [6.07, 6.45) is 31.6. The van der Waals surface area contributed by atoms with Gasteiger partial charge in [0.2, 0.25) is 0 Å². The van der Waals surface area contributed by atoms with E-state index < -0.39 is 0 Å². The predicted molar refractivity (Wildman–Crippen MR) is 140 cm³/mol. The monoisotopic (exact) mass is 426 g/mol. The molecule has 2 atom stereocenters. The predicted octanol–water partition coefficient (Wildman–Crippen LogP) is 10.9. The molecule has 0 spiro atoms. The third-order valence-electron chi connectivity index (χ3n) is 7.20. The summed E-state index contributed by atoms with van der Waals surface area (Å²) in [5, 5.41) is 0.522. The van der Waals surface area contributed by atoms with Crippen LogP contribution in [0.1, 0.15) is 169 Å². The van der Waals surface area contributed by atoms with E-state index in [1.54, 1.807) is 0 Å². The molecule has 0 saturated carbocycles. The summed E-state index contributed by atoms with van der Waals surface area (Å²) in [6, 6.07) is 0. The minimum Gasteiger partial charge on any atom is -0.131 e. The Morgan fingerprint density at radius 3 is 1.21 bits per heavy atom. The summed E-state index contributed by atoms with van der Waals surface area (Å²) in [7, 11) is 3.43. The van der Waals surface area contributed by atoms with Crippen LogP contribution in [0.4, 0.5) is 0 Å². The molecule has 1 heteroatoms. The number of hydrogen-bond acceptors (Lipinski definition) is 0. The summed E-state index contributed by atoms with van der Waals surface area (Å²) < 4.78 is 0. The van der Waals surface area contributed by atoms with Crippen LogP contribution in [0.5, 0.6) is 0 Å². The highest BCUT2D eigenvalue weighted by atomic mass is 31.0. The van der Waals surface area contributed by atoms with Crippen LogP contribution in [0.2, 0.25) is 0 Å². The zero-order valence-electron chi connectivity index (χ0n) is 21.2. The highest BCUT2D eigenvalue weighted by molar-refractivity contribution is 7.19. The maximum absolute atomic E-state index is 3.43. The average molecular weight is 427 g/mol. The summed E-state index contributed by atoms with van der Waals surface area (Å²) in [6.45, 7) is 9.42. The molecule has 0 N–H and O–H groups in total. The molecule has 0 heterocycles. The van der Waals surface area contributed by atoms with Gasteiger partial charge in [-0.1, -0.05) is 150 Å². The molecule has 0 bridgehead atoms. The van der Waals surface area contributed by atoms with Crippen LogP contribution in [0.15, 0.2) is 0 Å². The van der Waals surface area contributed by atoms with Crippen molar-refractivity contribution >= 4 is 9.24 Å². The molecule has 0 nitrogen and oxygen atoms in total. The van der Waals surface area contributed by atoms with E-state index in [0.29, 0.717) is 5.16 Å². The molecule has 0 aromatic heterocycles. The van der Waals surface area contributed by atoms with Crippen LogP contribution in [-0.2, 0) is 0 Å². The van der Waals surface area contributed by atoms with Crippen molar-refractivity contribution in [2.75, 3.05) is 0 Å². The first-order valence-electron chi connectivity index (χ1n) is 13.9. The van der Waals surface area contributed by atoms with Gasteiger partial charge in [-0.25, -0.2) is 0 Å². The lowest BCUT2D eigenvalue weighted by Crippen LogP contribution is -2.31. The average Bonchev–Trinajstić information content (AvgIpc) is 2.72. The van der Waals surface area contributed by atoms with Crippen molar-refractivity contribution in [3.8, 4) is 0 Å². The molecular weight excluding hydrogens is 367 g/mol. The van der Waals surface area contributed by atoms with Crippen LogP contribution in [0, 0.1) is 5.92 Å². The Balaban J connectivity index is 4.45. The van der Waals surface area contributed by atoms with Crippen LogP contribution in [-0.4, -0.2) is 5.16 Å². The van der Waals surface area contributed by atoms with Crippen molar-refractivity contribution in [3.63, 3.8) is 0 Å². The number of rotatable bonds is 23. The molecule has 0 saturated heterocycles. The Kier molecular flexibility index (Phi) is 22.0. The molecule has 0 radical (unpaired) electrons. The van der Waals surface area contributed by atoms with E-state index in [-0.39, 0.29) is 0 Å². The standard InChI is InChI=1S/C28H59P/c1-5-9-12-15-18-21-24-27(8-4)28(29,25-22-19-16-13-10-6-2)26-23-20-17-14-11-7-3/h27H,5-26,29H2,1-4H3. The Labute approximate surface area is 189 Å². The molecule has 2 unspecified atom stereocenters. The van der Waals surface area contributed by atoms with E-state index in [1.807, 2.05) is 0 Å². The van der Waals surface area contributed by atoms with Gasteiger partial charge in [-0.05, 0) is 30.3 Å². The summed E-state index contributed by atoms with van der Waals surface area (Å²) >= 11 is 0. The molecule has 0 aliphatic heterocycles. The molecule has 176 valence electrons. The van der Waals surface area contributed by atoms with Gasteiger partial charge in [-0.2, -0.15) is 0 Å². The number of hydrogen-bond donors (Lipinski definition) is 0. The summed E-state index contributed by atoms with van der Waals surface area (Å²) in [4.78, 5) is 0. The van der Waals surface area contributed by atoms with Crippen LogP contribution in [0.3, 0.4) is 0 Å². The first-order valence-corrected chi connectivity index (χ1v) is 14.5. The maximum Gasteiger partial charge on any atom is -0.0122 e. The molecule has 0 aromatic rings. The molecule has 0 rings (SSSR count). The smallest absolute Gasteiger partial charge is 0.0122 e. The summed E-state index contributed by atoms with van der Waals surface area (Å²) in [5.74, 6) is 0.921. The van der Waals surface area contributed by atoms with Crippen molar-refractivity contribution < 1.29 is 0 Å². The van der Waals surface area contributed by atoms with E-state index in [1.165, 1.54) is 141 Å². The van der Waals surface area contributed by atoms with Crippen LogP contribution in [0.25, 0.3) is 0 Å². The van der Waals surface area contributed by atoms with Gasteiger partial charge in [0, 0.05) is 0 Å². The molecule has 0 aliphatic carbocycles. The first kappa shape index (κ1) is 29.4. The SMILES string of the molecule is CCCCCCCCC(CC)C(P)(CCCCCCCC)CCCCCCCC. The summed E-state index contributed by atoms with van der Waals surface area (Å²) in [5.41, 5.74) is 0. The van der Waals surface area contributed by atoms with Crippen molar-refractivity contribution in [1.29, 1.82) is 0 Å². The molecule has 0 amide bonds. The van der Waals surface area contributed by atoms with E-state index in [0.717, 1.165) is 5.92 Å². The Morgan fingerprint density at radius 2 is 0.828 bits per heavy atom. The van der Waals surface area contributed by atoms with Crippen molar-refractivity contribution in [1.82, 2.24) is 0 Å². The van der Waals surface area contributed by atoms with Crippen molar-refractivity contribution in [2.24, 2.45) is 5.92 Å². The van der Waals surface area contributed by atoms with E-state index >= 15 is 0 Å². The second-order valence-corrected chi connectivity index (χ2v) is 11.1. The topological polar surface area (TPSA) is 0 Å². The van der Waals surface area contributed by atoms with E-state index in [2.05, 4.69) is 36.9 Å². The highest BCUT2D eigenvalue weighted by Gasteiger charge is 2.31. The van der Waals surface area contributed by atoms with Gasteiger partial charge in [0.05, 0.1) is 0 Å². The lowest BCUT2D eigenvalue weighted by Gasteiger charge is -2.38. The Morgan fingerprint density at radius 1 is 0.483 bits per heavy atom. The van der Waals surface area contributed by atoms with Gasteiger partial charge in [0.1, 0.15) is 0 Å². The minimum absolute atomic E-state index is 0.522. The molecule has 0 aromatic carbocycles. The minimum atomic E-state index is 0.522. The Bertz CT molecular complexity index is 295. The molecule has 29 heavy (non-hydrogen) atoms. The second-order valence-electron chi connectivity index (χ2n) is 9.93. The maximum atomic E-state index is 3.43.